The molecule has 3 unspecified atom stereocenters. The quantitative estimate of drug-likeness (QED) is 0.717. The Morgan fingerprint density at radius 3 is 2.50 bits per heavy atom. The maximum Gasteiger partial charge on any atom is 0.0465 e. The number of nitrogens with zero attached hydrogens (tertiary/aromatic N) is 2. The molecule has 3 aliphatic heterocycles. The number of ether oxygens (including phenoxy) is 1. The molecule has 0 spiro atoms. The minimum Gasteiger partial charge on any atom is -0.385 e. The molecule has 0 aliphatic carbocycles. The number of hydrogen-bond donors (Lipinski definition) is 1. The van der Waals surface area contributed by atoms with Gasteiger partial charge in [0.1, 0.15) is 0 Å². The second-order valence-corrected chi connectivity index (χ2v) is 5.24. The van der Waals surface area contributed by atoms with Gasteiger partial charge in [-0.2, -0.15) is 0 Å². The molecule has 3 saturated heterocycles. The van der Waals surface area contributed by atoms with E-state index in [1.54, 1.807) is 7.11 Å². The van der Waals surface area contributed by atoms with Gasteiger partial charge in [0.05, 0.1) is 0 Å². The first-order chi connectivity index (χ1) is 7.72. The van der Waals surface area contributed by atoms with Gasteiger partial charge in [-0.25, -0.2) is 0 Å². The van der Waals surface area contributed by atoms with E-state index in [-0.39, 0.29) is 0 Å². The van der Waals surface area contributed by atoms with Gasteiger partial charge in [0, 0.05) is 58.5 Å². The fourth-order valence-corrected chi connectivity index (χ4v) is 2.90. The SMILES string of the molecule is COCCC(C)C(N)C1CN2CCN1CC2. The smallest absolute Gasteiger partial charge is 0.0465 e. The first-order valence-electron chi connectivity index (χ1n) is 6.43. The monoisotopic (exact) mass is 227 g/mol. The minimum atomic E-state index is 0.290. The maximum atomic E-state index is 6.40. The summed E-state index contributed by atoms with van der Waals surface area (Å²) in [5, 5.41) is 0. The molecule has 3 fully saturated rings. The molecule has 4 nitrogen and oxygen atoms in total. The largest absolute Gasteiger partial charge is 0.385 e. The lowest BCUT2D eigenvalue weighted by molar-refractivity contribution is -0.00695. The Kier molecular flexibility index (Phi) is 4.19. The summed E-state index contributed by atoms with van der Waals surface area (Å²) >= 11 is 0. The number of methoxy groups -OCH3 is 1. The maximum absolute atomic E-state index is 6.40. The second-order valence-electron chi connectivity index (χ2n) is 5.24. The Hall–Kier alpha value is -0.160. The summed E-state index contributed by atoms with van der Waals surface area (Å²) in [4.78, 5) is 5.13. The normalized spacial score (nSPS) is 37.3. The van der Waals surface area contributed by atoms with Crippen molar-refractivity contribution in [2.75, 3.05) is 46.4 Å². The van der Waals surface area contributed by atoms with E-state index in [1.165, 1.54) is 32.7 Å². The molecule has 3 heterocycles. The standard InChI is InChI=1S/C12H25N3O/c1-10(3-8-16-2)12(13)11-9-14-4-6-15(11)7-5-14/h10-12H,3-9,13H2,1-2H3. The van der Waals surface area contributed by atoms with Crippen LogP contribution < -0.4 is 5.73 Å². The van der Waals surface area contributed by atoms with Crippen LogP contribution in [0.3, 0.4) is 0 Å². The summed E-state index contributed by atoms with van der Waals surface area (Å²) in [6.45, 7) is 9.11. The van der Waals surface area contributed by atoms with Crippen molar-refractivity contribution in [3.8, 4) is 0 Å². The van der Waals surface area contributed by atoms with Crippen LogP contribution in [0.4, 0.5) is 0 Å². The van der Waals surface area contributed by atoms with Crippen molar-refractivity contribution in [1.82, 2.24) is 9.80 Å². The molecule has 3 aliphatic rings. The van der Waals surface area contributed by atoms with Gasteiger partial charge in [-0.1, -0.05) is 6.92 Å². The summed E-state index contributed by atoms with van der Waals surface area (Å²) in [7, 11) is 1.76. The fraction of sp³-hybridized carbons (Fsp3) is 1.00. The van der Waals surface area contributed by atoms with E-state index >= 15 is 0 Å². The molecule has 0 aromatic heterocycles. The highest BCUT2D eigenvalue weighted by atomic mass is 16.5. The summed E-state index contributed by atoms with van der Waals surface area (Å²) in [6, 6.07) is 0.854. The lowest BCUT2D eigenvalue weighted by Gasteiger charge is -2.50. The molecule has 2 bridgehead atoms. The van der Waals surface area contributed by atoms with Crippen molar-refractivity contribution < 1.29 is 4.74 Å². The van der Waals surface area contributed by atoms with E-state index in [2.05, 4.69) is 16.7 Å². The average Bonchev–Trinajstić information content (AvgIpc) is 2.36. The van der Waals surface area contributed by atoms with Gasteiger partial charge in [-0.15, -0.1) is 0 Å². The zero-order chi connectivity index (χ0) is 11.5. The van der Waals surface area contributed by atoms with Gasteiger partial charge in [-0.05, 0) is 12.3 Å². The van der Waals surface area contributed by atoms with Crippen molar-refractivity contribution in [3.63, 3.8) is 0 Å². The molecular weight excluding hydrogens is 202 g/mol. The van der Waals surface area contributed by atoms with Gasteiger partial charge in [-0.3, -0.25) is 9.80 Å². The summed E-state index contributed by atoms with van der Waals surface area (Å²) in [6.07, 6.45) is 1.07. The van der Waals surface area contributed by atoms with E-state index in [9.17, 15) is 0 Å². The van der Waals surface area contributed by atoms with Crippen LogP contribution >= 0.6 is 0 Å². The van der Waals surface area contributed by atoms with Gasteiger partial charge in [0.25, 0.3) is 0 Å². The van der Waals surface area contributed by atoms with Crippen molar-refractivity contribution in [1.29, 1.82) is 0 Å². The lowest BCUT2D eigenvalue weighted by atomic mass is 9.89. The third kappa shape index (κ3) is 2.56. The summed E-state index contributed by atoms with van der Waals surface area (Å²) < 4.78 is 5.13. The van der Waals surface area contributed by atoms with Crippen molar-refractivity contribution in [2.45, 2.75) is 25.4 Å². The first kappa shape index (κ1) is 12.3. The average molecular weight is 227 g/mol. The van der Waals surface area contributed by atoms with Crippen molar-refractivity contribution in [2.24, 2.45) is 11.7 Å². The Labute approximate surface area is 98.7 Å². The van der Waals surface area contributed by atoms with Crippen LogP contribution in [0.1, 0.15) is 13.3 Å². The first-order valence-corrected chi connectivity index (χ1v) is 6.43. The van der Waals surface area contributed by atoms with Crippen LogP contribution in [0, 0.1) is 5.92 Å². The molecule has 0 amide bonds. The van der Waals surface area contributed by atoms with Crippen LogP contribution in [0.25, 0.3) is 0 Å². The van der Waals surface area contributed by atoms with Crippen LogP contribution in [0.2, 0.25) is 0 Å². The van der Waals surface area contributed by atoms with Gasteiger partial charge in [0.2, 0.25) is 0 Å². The zero-order valence-electron chi connectivity index (χ0n) is 10.6. The number of rotatable bonds is 5. The van der Waals surface area contributed by atoms with Crippen LogP contribution in [-0.2, 0) is 4.74 Å². The number of fused-ring (bicyclic) bond motifs is 3. The Morgan fingerprint density at radius 1 is 1.31 bits per heavy atom. The summed E-state index contributed by atoms with van der Waals surface area (Å²) in [5.74, 6) is 0.547. The minimum absolute atomic E-state index is 0.290. The number of piperazine rings is 3. The molecule has 3 rings (SSSR count). The third-order valence-corrected chi connectivity index (χ3v) is 4.20. The number of hydrogen-bond acceptors (Lipinski definition) is 4. The van der Waals surface area contributed by atoms with Crippen LogP contribution in [0.15, 0.2) is 0 Å². The predicted molar refractivity (Wildman–Crippen MR) is 65.4 cm³/mol. The Balaban J connectivity index is 1.86. The molecule has 2 N–H and O–H groups in total. The van der Waals surface area contributed by atoms with E-state index in [0.29, 0.717) is 18.0 Å². The highest BCUT2D eigenvalue weighted by Crippen LogP contribution is 2.22. The van der Waals surface area contributed by atoms with E-state index in [4.69, 9.17) is 10.5 Å². The highest BCUT2D eigenvalue weighted by Gasteiger charge is 2.36. The second kappa shape index (κ2) is 5.45. The Bertz CT molecular complexity index is 216. The zero-order valence-corrected chi connectivity index (χ0v) is 10.6. The Morgan fingerprint density at radius 2 is 2.00 bits per heavy atom. The summed E-state index contributed by atoms with van der Waals surface area (Å²) in [5.41, 5.74) is 6.40. The van der Waals surface area contributed by atoms with E-state index < -0.39 is 0 Å². The molecule has 16 heavy (non-hydrogen) atoms. The number of nitrogens with two attached hydrogens (primary N) is 1. The molecule has 94 valence electrons. The van der Waals surface area contributed by atoms with Gasteiger partial charge >= 0.3 is 0 Å². The predicted octanol–water partition coefficient (Wildman–Crippen LogP) is -0.0139. The molecule has 0 saturated carbocycles. The van der Waals surface area contributed by atoms with Crippen LogP contribution in [-0.4, -0.2) is 68.3 Å². The molecule has 0 aromatic carbocycles. The molecule has 3 atom stereocenters. The molecule has 0 aromatic rings. The van der Waals surface area contributed by atoms with E-state index in [1.807, 2.05) is 0 Å². The third-order valence-electron chi connectivity index (χ3n) is 4.20. The van der Waals surface area contributed by atoms with Crippen molar-refractivity contribution >= 4 is 0 Å². The topological polar surface area (TPSA) is 41.7 Å². The van der Waals surface area contributed by atoms with Crippen LogP contribution in [0.5, 0.6) is 0 Å². The van der Waals surface area contributed by atoms with Gasteiger partial charge in [0.15, 0.2) is 0 Å². The fourth-order valence-electron chi connectivity index (χ4n) is 2.90. The van der Waals surface area contributed by atoms with E-state index in [0.717, 1.165) is 13.0 Å². The molecule has 4 heteroatoms. The molecule has 0 radical (unpaired) electrons. The van der Waals surface area contributed by atoms with Crippen molar-refractivity contribution in [3.05, 3.63) is 0 Å². The highest BCUT2D eigenvalue weighted by molar-refractivity contribution is 4.95. The molecular formula is C12H25N3O. The lowest BCUT2D eigenvalue weighted by Crippen LogP contribution is -2.66. The van der Waals surface area contributed by atoms with Gasteiger partial charge < -0.3 is 10.5 Å².